The third-order valence-electron chi connectivity index (χ3n) is 1.57. The van der Waals surface area contributed by atoms with Crippen LogP contribution in [0.15, 0.2) is 23.4 Å². The molecule has 0 aliphatic heterocycles. The molecule has 3 nitrogen and oxygen atoms in total. The maximum absolute atomic E-state index is 8.22. The summed E-state index contributed by atoms with van der Waals surface area (Å²) in [4.78, 5) is 4.93. The summed E-state index contributed by atoms with van der Waals surface area (Å²) in [5.41, 5.74) is 0.801. The molecular formula is C10H8Cl2N2O. The quantitative estimate of drug-likeness (QED) is 0.600. The molecule has 15 heavy (non-hydrogen) atoms. The molecule has 0 saturated heterocycles. The zero-order chi connectivity index (χ0) is 11.1. The third-order valence-corrected chi connectivity index (χ3v) is 2.15. The third kappa shape index (κ3) is 4.20. The molecule has 0 radical (unpaired) electrons. The van der Waals surface area contributed by atoms with Gasteiger partial charge in [-0.25, -0.2) is 0 Å². The molecule has 0 aromatic heterocycles. The SMILES string of the molecule is N#CC/C=N/OCc1ccc(Cl)cc1Cl. The Bertz CT molecular complexity index is 399. The lowest BCUT2D eigenvalue weighted by molar-refractivity contribution is 0.131. The van der Waals surface area contributed by atoms with Crippen molar-refractivity contribution >= 4 is 29.4 Å². The second kappa shape index (κ2) is 6.28. The highest BCUT2D eigenvalue weighted by atomic mass is 35.5. The topological polar surface area (TPSA) is 45.4 Å². The first-order valence-corrected chi connectivity index (χ1v) is 4.94. The Balaban J connectivity index is 2.48. The van der Waals surface area contributed by atoms with Gasteiger partial charge in [0.25, 0.3) is 0 Å². The van der Waals surface area contributed by atoms with Gasteiger partial charge in [0.1, 0.15) is 6.61 Å². The van der Waals surface area contributed by atoms with Crippen LogP contribution in [0.4, 0.5) is 0 Å². The highest BCUT2D eigenvalue weighted by Crippen LogP contribution is 2.21. The minimum absolute atomic E-state index is 0.231. The molecule has 5 heteroatoms. The Morgan fingerprint density at radius 3 is 2.93 bits per heavy atom. The molecule has 0 bridgehead atoms. The van der Waals surface area contributed by atoms with E-state index in [-0.39, 0.29) is 13.0 Å². The molecule has 0 fully saturated rings. The van der Waals surface area contributed by atoms with Crippen LogP contribution in [0.25, 0.3) is 0 Å². The standard InChI is InChI=1S/C10H8Cl2N2O/c11-9-3-2-8(10(12)6-9)7-15-14-5-1-4-13/h2-3,5-6H,1,7H2/b14-5+. The van der Waals surface area contributed by atoms with Crippen molar-refractivity contribution < 1.29 is 4.84 Å². The van der Waals surface area contributed by atoms with Gasteiger partial charge >= 0.3 is 0 Å². The van der Waals surface area contributed by atoms with E-state index >= 15 is 0 Å². The minimum Gasteiger partial charge on any atom is -0.391 e. The van der Waals surface area contributed by atoms with Crippen LogP contribution in [0, 0.1) is 11.3 Å². The number of hydrogen-bond acceptors (Lipinski definition) is 3. The summed E-state index contributed by atoms with van der Waals surface area (Å²) in [6, 6.07) is 7.05. The minimum atomic E-state index is 0.231. The molecule has 0 aliphatic rings. The van der Waals surface area contributed by atoms with Crippen LogP contribution in [-0.4, -0.2) is 6.21 Å². The summed E-state index contributed by atoms with van der Waals surface area (Å²) in [5, 5.41) is 12.9. The van der Waals surface area contributed by atoms with Crippen molar-refractivity contribution in [1.29, 1.82) is 5.26 Å². The average molecular weight is 243 g/mol. The molecular weight excluding hydrogens is 235 g/mol. The lowest BCUT2D eigenvalue weighted by Gasteiger charge is -2.02. The summed E-state index contributed by atoms with van der Waals surface area (Å²) in [6.07, 6.45) is 1.62. The van der Waals surface area contributed by atoms with Gasteiger partial charge < -0.3 is 4.84 Å². The van der Waals surface area contributed by atoms with E-state index in [1.54, 1.807) is 18.2 Å². The Hall–Kier alpha value is -1.24. The van der Waals surface area contributed by atoms with Gasteiger partial charge in [-0.2, -0.15) is 5.26 Å². The first-order chi connectivity index (χ1) is 7.24. The second-order valence-electron chi connectivity index (χ2n) is 2.66. The van der Waals surface area contributed by atoms with E-state index < -0.39 is 0 Å². The summed E-state index contributed by atoms with van der Waals surface area (Å²) < 4.78 is 0. The lowest BCUT2D eigenvalue weighted by atomic mass is 10.2. The predicted octanol–water partition coefficient (Wildman–Crippen LogP) is 3.41. The second-order valence-corrected chi connectivity index (χ2v) is 3.50. The van der Waals surface area contributed by atoms with E-state index in [4.69, 9.17) is 33.3 Å². The molecule has 0 spiro atoms. The van der Waals surface area contributed by atoms with E-state index in [0.29, 0.717) is 10.0 Å². The van der Waals surface area contributed by atoms with Gasteiger partial charge in [-0.05, 0) is 12.1 Å². The molecule has 0 saturated carbocycles. The number of nitriles is 1. The van der Waals surface area contributed by atoms with Crippen molar-refractivity contribution in [3.8, 4) is 6.07 Å². The van der Waals surface area contributed by atoms with Gasteiger partial charge in [0.05, 0.1) is 18.7 Å². The van der Waals surface area contributed by atoms with Crippen LogP contribution in [0.3, 0.4) is 0 Å². The van der Waals surface area contributed by atoms with Crippen LogP contribution in [0.1, 0.15) is 12.0 Å². The molecule has 1 aromatic rings. The Labute approximate surface area is 97.9 Å². The predicted molar refractivity (Wildman–Crippen MR) is 60.0 cm³/mol. The van der Waals surface area contributed by atoms with Crippen LogP contribution in [0.5, 0.6) is 0 Å². The number of benzene rings is 1. The molecule has 0 N–H and O–H groups in total. The zero-order valence-electron chi connectivity index (χ0n) is 7.78. The molecule has 1 rings (SSSR count). The number of nitrogens with zero attached hydrogens (tertiary/aromatic N) is 2. The van der Waals surface area contributed by atoms with Crippen molar-refractivity contribution in [3.63, 3.8) is 0 Å². The van der Waals surface area contributed by atoms with Gasteiger partial charge in [-0.15, -0.1) is 0 Å². The number of rotatable bonds is 4. The van der Waals surface area contributed by atoms with E-state index in [2.05, 4.69) is 5.16 Å². The van der Waals surface area contributed by atoms with Crippen molar-refractivity contribution in [1.82, 2.24) is 0 Å². The first kappa shape index (κ1) is 11.8. The monoisotopic (exact) mass is 242 g/mol. The van der Waals surface area contributed by atoms with E-state index in [9.17, 15) is 0 Å². The van der Waals surface area contributed by atoms with E-state index in [1.807, 2.05) is 6.07 Å². The molecule has 0 unspecified atom stereocenters. The smallest absolute Gasteiger partial charge is 0.143 e. The molecule has 1 aromatic carbocycles. The molecule has 0 aliphatic carbocycles. The van der Waals surface area contributed by atoms with Crippen LogP contribution in [0.2, 0.25) is 10.0 Å². The summed E-state index contributed by atoms with van der Waals surface area (Å²) in [7, 11) is 0. The highest BCUT2D eigenvalue weighted by Gasteiger charge is 2.00. The highest BCUT2D eigenvalue weighted by molar-refractivity contribution is 6.35. The van der Waals surface area contributed by atoms with Gasteiger partial charge in [0.2, 0.25) is 0 Å². The fraction of sp³-hybridized carbons (Fsp3) is 0.200. The molecule has 0 heterocycles. The molecule has 78 valence electrons. The lowest BCUT2D eigenvalue weighted by Crippen LogP contribution is -1.88. The number of oxime groups is 1. The zero-order valence-corrected chi connectivity index (χ0v) is 9.29. The van der Waals surface area contributed by atoms with Gasteiger partial charge in [0, 0.05) is 15.6 Å². The van der Waals surface area contributed by atoms with Crippen LogP contribution >= 0.6 is 23.2 Å². The van der Waals surface area contributed by atoms with E-state index in [0.717, 1.165) is 5.56 Å². The summed E-state index contributed by atoms with van der Waals surface area (Å²) in [6.45, 7) is 0.262. The van der Waals surface area contributed by atoms with E-state index in [1.165, 1.54) is 6.21 Å². The van der Waals surface area contributed by atoms with Gasteiger partial charge in [-0.1, -0.05) is 34.4 Å². The summed E-state index contributed by atoms with van der Waals surface area (Å²) in [5.74, 6) is 0. The maximum Gasteiger partial charge on any atom is 0.143 e. The first-order valence-electron chi connectivity index (χ1n) is 4.18. The largest absolute Gasteiger partial charge is 0.391 e. The van der Waals surface area contributed by atoms with Gasteiger partial charge in [-0.3, -0.25) is 0 Å². The molecule has 0 amide bonds. The Morgan fingerprint density at radius 2 is 2.27 bits per heavy atom. The van der Waals surface area contributed by atoms with Gasteiger partial charge in [0.15, 0.2) is 0 Å². The maximum atomic E-state index is 8.22. The fourth-order valence-corrected chi connectivity index (χ4v) is 1.34. The van der Waals surface area contributed by atoms with Crippen LogP contribution in [-0.2, 0) is 11.4 Å². The summed E-state index contributed by atoms with van der Waals surface area (Å²) >= 11 is 11.6. The number of hydrogen-bond donors (Lipinski definition) is 0. The van der Waals surface area contributed by atoms with Crippen molar-refractivity contribution in [2.75, 3.05) is 0 Å². The van der Waals surface area contributed by atoms with Crippen molar-refractivity contribution in [2.24, 2.45) is 5.16 Å². The van der Waals surface area contributed by atoms with Crippen molar-refractivity contribution in [3.05, 3.63) is 33.8 Å². The average Bonchev–Trinajstić information content (AvgIpc) is 2.20. The van der Waals surface area contributed by atoms with Crippen LogP contribution < -0.4 is 0 Å². The normalized spacial score (nSPS) is 10.2. The Morgan fingerprint density at radius 1 is 1.47 bits per heavy atom. The number of halogens is 2. The fourth-order valence-electron chi connectivity index (χ4n) is 0.876. The van der Waals surface area contributed by atoms with Crippen molar-refractivity contribution in [2.45, 2.75) is 13.0 Å². The Kier molecular flexibility index (Phi) is 4.96. The molecule has 0 atom stereocenters.